The van der Waals surface area contributed by atoms with Crippen molar-refractivity contribution >= 4 is 22.7 Å². The first-order valence-electron chi connectivity index (χ1n) is 7.08. The van der Waals surface area contributed by atoms with Crippen LogP contribution in [-0.4, -0.2) is 17.3 Å². The van der Waals surface area contributed by atoms with Gasteiger partial charge in [0.05, 0.1) is 12.7 Å². The number of hydrogen-bond donors (Lipinski definition) is 0. The fourth-order valence-corrected chi connectivity index (χ4v) is 2.33. The van der Waals surface area contributed by atoms with Crippen LogP contribution in [0, 0.1) is 6.92 Å². The van der Waals surface area contributed by atoms with Gasteiger partial charge in [0.15, 0.2) is 0 Å². The molecule has 0 aliphatic heterocycles. The Morgan fingerprint density at radius 2 is 1.87 bits per heavy atom. The summed E-state index contributed by atoms with van der Waals surface area (Å²) >= 11 is 6.29. The molecule has 3 rings (SSSR count). The van der Waals surface area contributed by atoms with Gasteiger partial charge >= 0.3 is 0 Å². The highest BCUT2D eigenvalue weighted by Crippen LogP contribution is 2.29. The third kappa shape index (κ3) is 3.43. The number of para-hydroxylation sites is 1. The lowest BCUT2D eigenvalue weighted by Crippen LogP contribution is -1.88. The van der Waals surface area contributed by atoms with Gasteiger partial charge in [-0.05, 0) is 30.7 Å². The SMILES string of the molecule is COc1ccccc1-c1noc(/C(Cl)=C/c2ccc(C)cc2)n1. The minimum atomic E-state index is 0.271. The van der Waals surface area contributed by atoms with Crippen LogP contribution in [0.2, 0.25) is 0 Å². The van der Waals surface area contributed by atoms with Crippen LogP contribution in [0.3, 0.4) is 0 Å². The first kappa shape index (κ1) is 15.3. The Morgan fingerprint density at radius 3 is 2.61 bits per heavy atom. The second kappa shape index (κ2) is 6.67. The monoisotopic (exact) mass is 326 g/mol. The number of halogens is 1. The molecule has 0 atom stereocenters. The van der Waals surface area contributed by atoms with Gasteiger partial charge in [0.25, 0.3) is 5.89 Å². The normalized spacial score (nSPS) is 11.5. The molecule has 1 heterocycles. The maximum absolute atomic E-state index is 6.29. The highest BCUT2D eigenvalue weighted by atomic mass is 35.5. The molecule has 0 aliphatic rings. The lowest BCUT2D eigenvalue weighted by Gasteiger charge is -2.02. The Bertz CT molecular complexity index is 838. The maximum atomic E-state index is 6.29. The molecule has 0 amide bonds. The molecule has 0 fully saturated rings. The Balaban J connectivity index is 1.90. The van der Waals surface area contributed by atoms with E-state index < -0.39 is 0 Å². The topological polar surface area (TPSA) is 48.2 Å². The quantitative estimate of drug-likeness (QED) is 0.691. The average molecular weight is 327 g/mol. The van der Waals surface area contributed by atoms with Gasteiger partial charge < -0.3 is 9.26 Å². The molecule has 0 spiro atoms. The third-order valence-corrected chi connectivity index (χ3v) is 3.62. The molecule has 4 nitrogen and oxygen atoms in total. The molecule has 0 radical (unpaired) electrons. The number of ether oxygens (including phenoxy) is 1. The second-order valence-electron chi connectivity index (χ2n) is 5.03. The second-order valence-corrected chi connectivity index (χ2v) is 5.43. The molecule has 0 saturated heterocycles. The zero-order valence-corrected chi connectivity index (χ0v) is 13.5. The van der Waals surface area contributed by atoms with Crippen molar-refractivity contribution in [3.05, 3.63) is 65.5 Å². The van der Waals surface area contributed by atoms with Crippen LogP contribution in [0.4, 0.5) is 0 Å². The van der Waals surface area contributed by atoms with Crippen LogP contribution < -0.4 is 4.74 Å². The van der Waals surface area contributed by atoms with E-state index in [9.17, 15) is 0 Å². The van der Waals surface area contributed by atoms with E-state index in [-0.39, 0.29) is 5.89 Å². The number of aromatic nitrogens is 2. The Labute approximate surface area is 139 Å². The first-order chi connectivity index (χ1) is 11.2. The zero-order valence-electron chi connectivity index (χ0n) is 12.8. The molecule has 23 heavy (non-hydrogen) atoms. The van der Waals surface area contributed by atoms with E-state index in [1.54, 1.807) is 13.2 Å². The van der Waals surface area contributed by atoms with Crippen molar-refractivity contribution in [1.82, 2.24) is 10.1 Å². The molecule has 1 aromatic heterocycles. The van der Waals surface area contributed by atoms with E-state index >= 15 is 0 Å². The fraction of sp³-hybridized carbons (Fsp3) is 0.111. The van der Waals surface area contributed by atoms with Crippen LogP contribution >= 0.6 is 11.6 Å². The molecule has 5 heteroatoms. The van der Waals surface area contributed by atoms with Crippen LogP contribution in [0.5, 0.6) is 5.75 Å². The van der Waals surface area contributed by atoms with E-state index in [1.807, 2.05) is 55.5 Å². The predicted molar refractivity (Wildman–Crippen MR) is 91.2 cm³/mol. The van der Waals surface area contributed by atoms with Crippen molar-refractivity contribution in [2.24, 2.45) is 0 Å². The number of nitrogens with zero attached hydrogens (tertiary/aromatic N) is 2. The van der Waals surface area contributed by atoms with Crippen molar-refractivity contribution in [1.29, 1.82) is 0 Å². The Morgan fingerprint density at radius 1 is 1.13 bits per heavy atom. The van der Waals surface area contributed by atoms with Crippen LogP contribution in [-0.2, 0) is 0 Å². The van der Waals surface area contributed by atoms with Crippen molar-refractivity contribution in [2.45, 2.75) is 6.92 Å². The minimum absolute atomic E-state index is 0.271. The van der Waals surface area contributed by atoms with Crippen LogP contribution in [0.15, 0.2) is 53.1 Å². The molecule has 0 bridgehead atoms. The van der Waals surface area contributed by atoms with Crippen molar-refractivity contribution in [3.8, 4) is 17.1 Å². The van der Waals surface area contributed by atoms with E-state index in [1.165, 1.54) is 5.56 Å². The summed E-state index contributed by atoms with van der Waals surface area (Å²) in [7, 11) is 1.60. The standard InChI is InChI=1S/C18H15ClN2O2/c1-12-7-9-13(10-8-12)11-15(19)18-20-17(21-23-18)14-5-3-4-6-16(14)22-2/h3-11H,1-2H3/b15-11-. The maximum Gasteiger partial charge on any atom is 0.269 e. The van der Waals surface area contributed by atoms with Gasteiger partial charge in [0, 0.05) is 0 Å². The van der Waals surface area contributed by atoms with Gasteiger partial charge in [-0.25, -0.2) is 0 Å². The van der Waals surface area contributed by atoms with Gasteiger partial charge in [-0.2, -0.15) is 4.98 Å². The molecule has 116 valence electrons. The highest BCUT2D eigenvalue weighted by molar-refractivity contribution is 6.50. The summed E-state index contributed by atoms with van der Waals surface area (Å²) in [5.41, 5.74) is 2.91. The molecule has 0 saturated carbocycles. The van der Waals surface area contributed by atoms with Gasteiger partial charge in [-0.15, -0.1) is 0 Å². The Kier molecular flexibility index (Phi) is 4.44. The fourth-order valence-electron chi connectivity index (χ4n) is 2.13. The lowest BCUT2D eigenvalue weighted by atomic mass is 10.1. The van der Waals surface area contributed by atoms with Gasteiger partial charge in [-0.1, -0.05) is 58.7 Å². The summed E-state index contributed by atoms with van der Waals surface area (Å²) in [6.45, 7) is 2.03. The van der Waals surface area contributed by atoms with E-state index in [2.05, 4.69) is 10.1 Å². The smallest absolute Gasteiger partial charge is 0.269 e. The van der Waals surface area contributed by atoms with E-state index in [0.29, 0.717) is 16.6 Å². The predicted octanol–water partition coefficient (Wildman–Crippen LogP) is 4.79. The molecule has 3 aromatic rings. The van der Waals surface area contributed by atoms with Crippen molar-refractivity contribution in [3.63, 3.8) is 0 Å². The molecule has 2 aromatic carbocycles. The lowest BCUT2D eigenvalue weighted by molar-refractivity contribution is 0.406. The van der Waals surface area contributed by atoms with Crippen LogP contribution in [0.25, 0.3) is 22.5 Å². The molecular weight excluding hydrogens is 312 g/mol. The van der Waals surface area contributed by atoms with Gasteiger partial charge in [-0.3, -0.25) is 0 Å². The largest absolute Gasteiger partial charge is 0.496 e. The zero-order chi connectivity index (χ0) is 16.2. The number of aryl methyl sites for hydroxylation is 1. The Hall–Kier alpha value is -2.59. The summed E-state index contributed by atoms with van der Waals surface area (Å²) in [4.78, 5) is 4.34. The molecule has 0 unspecified atom stereocenters. The van der Waals surface area contributed by atoms with Gasteiger partial charge in [0.2, 0.25) is 5.82 Å². The van der Waals surface area contributed by atoms with Crippen molar-refractivity contribution in [2.75, 3.05) is 7.11 Å². The van der Waals surface area contributed by atoms with Gasteiger partial charge in [0.1, 0.15) is 10.8 Å². The summed E-state index contributed by atoms with van der Waals surface area (Å²) < 4.78 is 10.6. The van der Waals surface area contributed by atoms with Crippen LogP contribution in [0.1, 0.15) is 17.0 Å². The summed E-state index contributed by atoms with van der Waals surface area (Å²) in [6, 6.07) is 15.5. The van der Waals surface area contributed by atoms with E-state index in [4.69, 9.17) is 20.9 Å². The molecule has 0 aliphatic carbocycles. The van der Waals surface area contributed by atoms with E-state index in [0.717, 1.165) is 11.1 Å². The number of rotatable bonds is 4. The van der Waals surface area contributed by atoms with Crippen molar-refractivity contribution < 1.29 is 9.26 Å². The molecular formula is C18H15ClN2O2. The third-order valence-electron chi connectivity index (χ3n) is 3.35. The average Bonchev–Trinajstić information content (AvgIpc) is 3.07. The summed E-state index contributed by atoms with van der Waals surface area (Å²) in [6.07, 6.45) is 1.79. The first-order valence-corrected chi connectivity index (χ1v) is 7.46. The summed E-state index contributed by atoms with van der Waals surface area (Å²) in [5, 5.41) is 4.37. The number of methoxy groups -OCH3 is 1. The minimum Gasteiger partial charge on any atom is -0.496 e. The molecule has 0 N–H and O–H groups in total. The highest BCUT2D eigenvalue weighted by Gasteiger charge is 2.14. The number of hydrogen-bond acceptors (Lipinski definition) is 4. The number of benzene rings is 2. The summed E-state index contributed by atoms with van der Waals surface area (Å²) in [5.74, 6) is 1.39.